The number of aryl methyl sites for hydroxylation is 1. The molecule has 7 nitrogen and oxygen atoms in total. The summed E-state index contributed by atoms with van der Waals surface area (Å²) in [5, 5.41) is 11.0. The van der Waals surface area contributed by atoms with Crippen LogP contribution in [0.25, 0.3) is 10.2 Å². The molecule has 0 aliphatic carbocycles. The molecule has 3 aromatic rings. The van der Waals surface area contributed by atoms with E-state index in [1.807, 2.05) is 35.8 Å². The van der Waals surface area contributed by atoms with Gasteiger partial charge >= 0.3 is 0 Å². The van der Waals surface area contributed by atoms with E-state index in [9.17, 15) is 14.9 Å². The predicted octanol–water partition coefficient (Wildman–Crippen LogP) is 3.86. The first-order chi connectivity index (χ1) is 13.0. The number of hydrogen-bond donors (Lipinski definition) is 0. The number of fused-ring (bicyclic) bond motifs is 1. The molecule has 0 spiro atoms. The van der Waals surface area contributed by atoms with Crippen molar-refractivity contribution in [3.63, 3.8) is 0 Å². The number of benzene rings is 2. The standard InChI is InChI=1S/C18H17N3O4S2/c1-3-20-15-10-12(21(23)24)4-9-16(15)27-18(20)19-17(22)11-26-14-7-5-13(25-2)6-8-14/h4-10H,3,11H2,1-2H3. The summed E-state index contributed by atoms with van der Waals surface area (Å²) in [5.41, 5.74) is 0.737. The molecule has 0 aliphatic rings. The van der Waals surface area contributed by atoms with Gasteiger partial charge in [-0.2, -0.15) is 4.99 Å². The maximum absolute atomic E-state index is 12.3. The van der Waals surface area contributed by atoms with Crippen LogP contribution in [0.2, 0.25) is 0 Å². The van der Waals surface area contributed by atoms with Crippen molar-refractivity contribution in [1.29, 1.82) is 0 Å². The number of nitro groups is 1. The monoisotopic (exact) mass is 403 g/mol. The minimum absolute atomic E-state index is 0.0236. The van der Waals surface area contributed by atoms with Crippen molar-refractivity contribution in [1.82, 2.24) is 4.57 Å². The maximum atomic E-state index is 12.3. The van der Waals surface area contributed by atoms with Gasteiger partial charge in [-0.15, -0.1) is 11.8 Å². The number of rotatable bonds is 6. The third kappa shape index (κ3) is 4.37. The number of nitrogens with zero attached hydrogens (tertiary/aromatic N) is 3. The van der Waals surface area contributed by atoms with Gasteiger partial charge in [0.1, 0.15) is 5.75 Å². The Morgan fingerprint density at radius 1 is 1.30 bits per heavy atom. The summed E-state index contributed by atoms with van der Waals surface area (Å²) >= 11 is 2.75. The summed E-state index contributed by atoms with van der Waals surface area (Å²) in [6, 6.07) is 12.1. The van der Waals surface area contributed by atoms with Crippen LogP contribution in [0.5, 0.6) is 5.75 Å². The minimum Gasteiger partial charge on any atom is -0.497 e. The predicted molar refractivity (Wildman–Crippen MR) is 106 cm³/mol. The van der Waals surface area contributed by atoms with Crippen LogP contribution in [0, 0.1) is 10.1 Å². The van der Waals surface area contributed by atoms with Crippen LogP contribution < -0.4 is 9.54 Å². The van der Waals surface area contributed by atoms with Gasteiger partial charge in [0, 0.05) is 23.6 Å². The molecule has 0 fully saturated rings. The fourth-order valence-corrected chi connectivity index (χ4v) is 4.29. The van der Waals surface area contributed by atoms with Crippen molar-refractivity contribution < 1.29 is 14.5 Å². The molecule has 140 valence electrons. The van der Waals surface area contributed by atoms with E-state index in [4.69, 9.17) is 4.74 Å². The number of aromatic nitrogens is 1. The van der Waals surface area contributed by atoms with Crippen molar-refractivity contribution in [2.75, 3.05) is 12.9 Å². The highest BCUT2D eigenvalue weighted by molar-refractivity contribution is 8.00. The van der Waals surface area contributed by atoms with Crippen LogP contribution in [0.15, 0.2) is 52.4 Å². The highest BCUT2D eigenvalue weighted by atomic mass is 32.2. The quantitative estimate of drug-likeness (QED) is 0.354. The van der Waals surface area contributed by atoms with Gasteiger partial charge in [0.05, 0.1) is 28.0 Å². The van der Waals surface area contributed by atoms with Crippen LogP contribution >= 0.6 is 23.1 Å². The fourth-order valence-electron chi connectivity index (χ4n) is 2.52. The molecule has 1 heterocycles. The third-order valence-corrected chi connectivity index (χ3v) is 5.89. The molecule has 0 aliphatic heterocycles. The van der Waals surface area contributed by atoms with Crippen LogP contribution in [0.4, 0.5) is 5.69 Å². The lowest BCUT2D eigenvalue weighted by atomic mass is 10.3. The normalized spacial score (nSPS) is 11.7. The highest BCUT2D eigenvalue weighted by Crippen LogP contribution is 2.24. The van der Waals surface area contributed by atoms with E-state index >= 15 is 0 Å². The van der Waals surface area contributed by atoms with E-state index in [1.165, 1.54) is 35.2 Å². The van der Waals surface area contributed by atoms with Gasteiger partial charge < -0.3 is 9.30 Å². The first-order valence-electron chi connectivity index (χ1n) is 8.14. The summed E-state index contributed by atoms with van der Waals surface area (Å²) < 4.78 is 7.79. The summed E-state index contributed by atoms with van der Waals surface area (Å²) in [6.07, 6.45) is 0. The lowest BCUT2D eigenvalue weighted by Crippen LogP contribution is -2.16. The van der Waals surface area contributed by atoms with E-state index < -0.39 is 4.92 Å². The largest absolute Gasteiger partial charge is 0.497 e. The number of ether oxygens (including phenoxy) is 1. The topological polar surface area (TPSA) is 86.7 Å². The molecule has 0 unspecified atom stereocenters. The van der Waals surface area contributed by atoms with Crippen LogP contribution in [-0.2, 0) is 11.3 Å². The number of amides is 1. The van der Waals surface area contributed by atoms with Gasteiger partial charge in [-0.05, 0) is 37.3 Å². The summed E-state index contributed by atoms with van der Waals surface area (Å²) in [5.74, 6) is 0.725. The third-order valence-electron chi connectivity index (χ3n) is 3.83. The Bertz CT molecular complexity index is 1050. The smallest absolute Gasteiger partial charge is 0.271 e. The molecular formula is C18H17N3O4S2. The highest BCUT2D eigenvalue weighted by Gasteiger charge is 2.12. The maximum Gasteiger partial charge on any atom is 0.271 e. The fraction of sp³-hybridized carbons (Fsp3) is 0.222. The average Bonchev–Trinajstić information content (AvgIpc) is 3.02. The second kappa shape index (κ2) is 8.36. The number of thioether (sulfide) groups is 1. The minimum atomic E-state index is -0.426. The molecule has 0 radical (unpaired) electrons. The number of nitro benzene ring substituents is 1. The molecule has 9 heteroatoms. The van der Waals surface area contributed by atoms with Gasteiger partial charge in [0.2, 0.25) is 0 Å². The lowest BCUT2D eigenvalue weighted by Gasteiger charge is -2.02. The number of carbonyl (C=O) groups excluding carboxylic acids is 1. The molecule has 0 saturated heterocycles. The number of methoxy groups -OCH3 is 1. The van der Waals surface area contributed by atoms with Crippen molar-refractivity contribution in [2.24, 2.45) is 4.99 Å². The summed E-state index contributed by atoms with van der Waals surface area (Å²) in [4.78, 5) is 28.6. The molecule has 3 rings (SSSR count). The Labute approximate surface area is 163 Å². The van der Waals surface area contributed by atoms with Crippen molar-refractivity contribution in [3.8, 4) is 5.75 Å². The second-order valence-corrected chi connectivity index (χ2v) is 7.57. The molecular weight excluding hydrogens is 386 g/mol. The van der Waals surface area contributed by atoms with E-state index in [0.717, 1.165) is 15.3 Å². The molecule has 1 amide bonds. The first-order valence-corrected chi connectivity index (χ1v) is 9.94. The zero-order valence-electron chi connectivity index (χ0n) is 14.7. The number of hydrogen-bond acceptors (Lipinski definition) is 6. The van der Waals surface area contributed by atoms with Crippen molar-refractivity contribution >= 4 is 44.9 Å². The molecule has 1 aromatic heterocycles. The Hall–Kier alpha value is -2.65. The van der Waals surface area contributed by atoms with Crippen molar-refractivity contribution in [2.45, 2.75) is 18.4 Å². The molecule has 27 heavy (non-hydrogen) atoms. The van der Waals surface area contributed by atoms with Gasteiger partial charge in [-0.1, -0.05) is 11.3 Å². The SMILES string of the molecule is CCn1c(=NC(=O)CSc2ccc(OC)cc2)sc2ccc([N+](=O)[O-])cc21. The van der Waals surface area contributed by atoms with E-state index in [0.29, 0.717) is 16.9 Å². The van der Waals surface area contributed by atoms with E-state index in [1.54, 1.807) is 13.2 Å². The average molecular weight is 403 g/mol. The van der Waals surface area contributed by atoms with Crippen LogP contribution in [0.3, 0.4) is 0 Å². The number of non-ortho nitro benzene ring substituents is 1. The Kier molecular flexibility index (Phi) is 5.92. The zero-order valence-corrected chi connectivity index (χ0v) is 16.4. The Morgan fingerprint density at radius 3 is 2.67 bits per heavy atom. The van der Waals surface area contributed by atoms with Gasteiger partial charge in [0.25, 0.3) is 11.6 Å². The van der Waals surface area contributed by atoms with Crippen LogP contribution in [-0.4, -0.2) is 28.3 Å². The van der Waals surface area contributed by atoms with Crippen LogP contribution in [0.1, 0.15) is 6.92 Å². The van der Waals surface area contributed by atoms with Gasteiger partial charge in [-0.25, -0.2) is 0 Å². The lowest BCUT2D eigenvalue weighted by molar-refractivity contribution is -0.384. The zero-order chi connectivity index (χ0) is 19.4. The second-order valence-electron chi connectivity index (χ2n) is 5.51. The summed E-state index contributed by atoms with van der Waals surface area (Å²) in [7, 11) is 1.60. The molecule has 0 bridgehead atoms. The van der Waals surface area contributed by atoms with E-state index in [2.05, 4.69) is 4.99 Å². The molecule has 0 saturated carbocycles. The van der Waals surface area contributed by atoms with E-state index in [-0.39, 0.29) is 17.3 Å². The molecule has 0 N–H and O–H groups in total. The first kappa shape index (κ1) is 19.1. The van der Waals surface area contributed by atoms with Gasteiger partial charge in [-0.3, -0.25) is 14.9 Å². The Morgan fingerprint density at radius 2 is 2.04 bits per heavy atom. The Balaban J connectivity index is 1.83. The molecule has 0 atom stereocenters. The van der Waals surface area contributed by atoms with Crippen molar-refractivity contribution in [3.05, 3.63) is 57.4 Å². The molecule has 2 aromatic carbocycles. The summed E-state index contributed by atoms with van der Waals surface area (Å²) in [6.45, 7) is 2.49. The number of carbonyl (C=O) groups is 1. The van der Waals surface area contributed by atoms with Gasteiger partial charge in [0.15, 0.2) is 4.80 Å². The number of thiazole rings is 1.